The second-order valence-electron chi connectivity index (χ2n) is 7.47. The zero-order valence-electron chi connectivity index (χ0n) is 17.2. The Morgan fingerprint density at radius 3 is 2.36 bits per heavy atom. The maximum absolute atomic E-state index is 12.4. The van der Waals surface area contributed by atoms with Crippen molar-refractivity contribution in [1.29, 1.82) is 0 Å². The normalized spacial score (nSPS) is 19.0. The van der Waals surface area contributed by atoms with E-state index in [0.717, 1.165) is 58.2 Å². The van der Waals surface area contributed by atoms with Crippen molar-refractivity contribution in [2.24, 2.45) is 4.99 Å². The summed E-state index contributed by atoms with van der Waals surface area (Å²) in [6, 6.07) is 8.68. The predicted octanol–water partition coefficient (Wildman–Crippen LogP) is 0.589. The van der Waals surface area contributed by atoms with Crippen LogP contribution < -0.4 is 5.32 Å². The van der Waals surface area contributed by atoms with Gasteiger partial charge in [0.25, 0.3) is 0 Å². The number of nitrogens with one attached hydrogen (secondary N) is 1. The van der Waals surface area contributed by atoms with Crippen molar-refractivity contribution in [3.63, 3.8) is 0 Å². The van der Waals surface area contributed by atoms with Gasteiger partial charge in [-0.15, -0.1) is 0 Å². The van der Waals surface area contributed by atoms with Gasteiger partial charge in [-0.05, 0) is 18.9 Å². The average Bonchev–Trinajstić information content (AvgIpc) is 2.74. The van der Waals surface area contributed by atoms with Gasteiger partial charge in [0.15, 0.2) is 5.96 Å². The van der Waals surface area contributed by atoms with Gasteiger partial charge in [-0.3, -0.25) is 14.7 Å². The molecule has 0 atom stereocenters. The smallest absolute Gasteiger partial charge is 0.236 e. The summed E-state index contributed by atoms with van der Waals surface area (Å²) in [6.45, 7) is 9.78. The highest BCUT2D eigenvalue weighted by atomic mass is 16.5. The minimum atomic E-state index is 0.220. The molecule has 2 heterocycles. The zero-order chi connectivity index (χ0) is 19.8. The lowest BCUT2D eigenvalue weighted by atomic mass is 10.1. The third-order valence-electron chi connectivity index (χ3n) is 5.42. The van der Waals surface area contributed by atoms with Crippen LogP contribution in [0, 0.1) is 6.92 Å². The van der Waals surface area contributed by atoms with Gasteiger partial charge in [-0.2, -0.15) is 0 Å². The van der Waals surface area contributed by atoms with Gasteiger partial charge in [0.1, 0.15) is 0 Å². The minimum Gasteiger partial charge on any atom is -0.378 e. The molecule has 154 valence electrons. The first-order chi connectivity index (χ1) is 13.7. The number of hydrogen-bond acceptors (Lipinski definition) is 4. The van der Waals surface area contributed by atoms with Crippen molar-refractivity contribution >= 4 is 11.9 Å². The molecule has 0 radical (unpaired) electrons. The Bertz CT molecular complexity index is 647. The van der Waals surface area contributed by atoms with Crippen LogP contribution in [0.25, 0.3) is 0 Å². The highest BCUT2D eigenvalue weighted by Gasteiger charge is 2.24. The Kier molecular flexibility index (Phi) is 7.68. The topological polar surface area (TPSA) is 60.4 Å². The van der Waals surface area contributed by atoms with E-state index in [0.29, 0.717) is 19.8 Å². The molecule has 7 heteroatoms. The number of piperazine rings is 1. The molecule has 0 aliphatic carbocycles. The summed E-state index contributed by atoms with van der Waals surface area (Å²) in [5.74, 6) is 1.17. The minimum absolute atomic E-state index is 0.220. The third kappa shape index (κ3) is 5.94. The molecule has 2 fully saturated rings. The number of amides is 1. The molecule has 1 N–H and O–H groups in total. The lowest BCUT2D eigenvalue weighted by Gasteiger charge is -2.37. The standard InChI is InChI=1S/C21H33N5O2/c1-18-3-5-19(6-4-18)7-8-23-21(22-2)26-11-9-24(10-12-26)17-20(27)25-13-15-28-16-14-25/h3-6H,7-17H2,1-2H3,(H,22,23). The fourth-order valence-corrected chi connectivity index (χ4v) is 3.63. The zero-order valence-corrected chi connectivity index (χ0v) is 17.2. The Hall–Kier alpha value is -2.12. The van der Waals surface area contributed by atoms with Crippen molar-refractivity contribution in [2.75, 3.05) is 72.6 Å². The van der Waals surface area contributed by atoms with Crippen LogP contribution in [-0.2, 0) is 16.0 Å². The molecule has 28 heavy (non-hydrogen) atoms. The molecule has 0 bridgehead atoms. The van der Waals surface area contributed by atoms with E-state index in [4.69, 9.17) is 4.74 Å². The first-order valence-electron chi connectivity index (χ1n) is 10.2. The molecule has 3 rings (SSSR count). The van der Waals surface area contributed by atoms with Gasteiger partial charge in [0.05, 0.1) is 19.8 Å². The number of hydrogen-bond donors (Lipinski definition) is 1. The van der Waals surface area contributed by atoms with E-state index in [-0.39, 0.29) is 5.91 Å². The average molecular weight is 388 g/mol. The van der Waals surface area contributed by atoms with E-state index in [2.05, 4.69) is 51.3 Å². The van der Waals surface area contributed by atoms with Crippen LogP contribution >= 0.6 is 0 Å². The Labute approximate surface area is 168 Å². The van der Waals surface area contributed by atoms with Gasteiger partial charge in [-0.25, -0.2) is 0 Å². The van der Waals surface area contributed by atoms with Gasteiger partial charge in [0, 0.05) is 52.9 Å². The van der Waals surface area contributed by atoms with E-state index >= 15 is 0 Å². The second kappa shape index (κ2) is 10.4. The Balaban J connectivity index is 1.38. The lowest BCUT2D eigenvalue weighted by molar-refractivity contribution is -0.136. The second-order valence-corrected chi connectivity index (χ2v) is 7.47. The van der Waals surface area contributed by atoms with Crippen molar-refractivity contribution < 1.29 is 9.53 Å². The number of carbonyl (C=O) groups is 1. The quantitative estimate of drug-likeness (QED) is 0.592. The maximum Gasteiger partial charge on any atom is 0.236 e. The number of benzene rings is 1. The number of ether oxygens (including phenoxy) is 1. The summed E-state index contributed by atoms with van der Waals surface area (Å²) in [4.78, 5) is 23.3. The summed E-state index contributed by atoms with van der Waals surface area (Å²) >= 11 is 0. The largest absolute Gasteiger partial charge is 0.378 e. The van der Waals surface area contributed by atoms with E-state index < -0.39 is 0 Å². The molecule has 2 saturated heterocycles. The molecule has 0 unspecified atom stereocenters. The Morgan fingerprint density at radius 2 is 1.71 bits per heavy atom. The highest BCUT2D eigenvalue weighted by Crippen LogP contribution is 2.06. The maximum atomic E-state index is 12.4. The first kappa shape index (κ1) is 20.6. The van der Waals surface area contributed by atoms with Gasteiger partial charge < -0.3 is 19.9 Å². The van der Waals surface area contributed by atoms with E-state index in [9.17, 15) is 4.79 Å². The molecular weight excluding hydrogens is 354 g/mol. The third-order valence-corrected chi connectivity index (χ3v) is 5.42. The fraction of sp³-hybridized carbons (Fsp3) is 0.619. The number of carbonyl (C=O) groups excluding carboxylic acids is 1. The molecule has 0 saturated carbocycles. The predicted molar refractivity (Wildman–Crippen MR) is 112 cm³/mol. The fourth-order valence-electron chi connectivity index (χ4n) is 3.63. The van der Waals surface area contributed by atoms with Crippen LogP contribution in [-0.4, -0.2) is 99.2 Å². The molecule has 1 amide bonds. The van der Waals surface area contributed by atoms with Crippen molar-refractivity contribution in [2.45, 2.75) is 13.3 Å². The van der Waals surface area contributed by atoms with Crippen molar-refractivity contribution in [1.82, 2.24) is 20.0 Å². The summed E-state index contributed by atoms with van der Waals surface area (Å²) < 4.78 is 5.32. The number of aryl methyl sites for hydroxylation is 1. The molecular formula is C21H33N5O2. The Morgan fingerprint density at radius 1 is 1.04 bits per heavy atom. The van der Waals surface area contributed by atoms with Gasteiger partial charge >= 0.3 is 0 Å². The molecule has 1 aromatic carbocycles. The van der Waals surface area contributed by atoms with Crippen LogP contribution in [0.4, 0.5) is 0 Å². The molecule has 2 aliphatic rings. The van der Waals surface area contributed by atoms with E-state index in [1.807, 2.05) is 11.9 Å². The molecule has 0 aromatic heterocycles. The summed E-state index contributed by atoms with van der Waals surface area (Å²) in [5, 5.41) is 3.48. The monoisotopic (exact) mass is 387 g/mol. The number of morpholine rings is 1. The number of rotatable bonds is 5. The van der Waals surface area contributed by atoms with Crippen LogP contribution in [0.1, 0.15) is 11.1 Å². The molecule has 0 spiro atoms. The number of nitrogens with zero attached hydrogens (tertiary/aromatic N) is 4. The van der Waals surface area contributed by atoms with Gasteiger partial charge in [-0.1, -0.05) is 29.8 Å². The van der Waals surface area contributed by atoms with Crippen molar-refractivity contribution in [3.05, 3.63) is 35.4 Å². The van der Waals surface area contributed by atoms with E-state index in [1.165, 1.54) is 11.1 Å². The summed E-state index contributed by atoms with van der Waals surface area (Å²) in [7, 11) is 1.84. The summed E-state index contributed by atoms with van der Waals surface area (Å²) in [5.41, 5.74) is 2.62. The number of guanidine groups is 1. The van der Waals surface area contributed by atoms with E-state index in [1.54, 1.807) is 0 Å². The van der Waals surface area contributed by atoms with Crippen molar-refractivity contribution in [3.8, 4) is 0 Å². The van der Waals surface area contributed by atoms with Gasteiger partial charge in [0.2, 0.25) is 5.91 Å². The van der Waals surface area contributed by atoms with Crippen LogP contribution in [0.15, 0.2) is 29.3 Å². The SMILES string of the molecule is CN=C(NCCc1ccc(C)cc1)N1CCN(CC(=O)N2CCOCC2)CC1. The molecule has 7 nitrogen and oxygen atoms in total. The number of aliphatic imine (C=N–C) groups is 1. The first-order valence-corrected chi connectivity index (χ1v) is 10.2. The molecule has 2 aliphatic heterocycles. The lowest BCUT2D eigenvalue weighted by Crippen LogP contribution is -2.55. The summed E-state index contributed by atoms with van der Waals surface area (Å²) in [6.07, 6.45) is 0.979. The highest BCUT2D eigenvalue weighted by molar-refractivity contribution is 5.80. The van der Waals surface area contributed by atoms with Crippen LogP contribution in [0.3, 0.4) is 0 Å². The van der Waals surface area contributed by atoms with Crippen LogP contribution in [0.2, 0.25) is 0 Å². The van der Waals surface area contributed by atoms with Crippen LogP contribution in [0.5, 0.6) is 0 Å². The molecule has 1 aromatic rings.